The Balaban J connectivity index is 1.63. The largest absolute Gasteiger partial charge is 0.459 e. The molecule has 2 amide bonds. The quantitative estimate of drug-likeness (QED) is 0.876. The first-order valence-corrected chi connectivity index (χ1v) is 7.87. The average Bonchev–Trinajstić information content (AvgIpc) is 2.95. The average molecular weight is 292 g/mol. The van der Waals surface area contributed by atoms with Gasteiger partial charge in [0.2, 0.25) is 5.91 Å². The van der Waals surface area contributed by atoms with Gasteiger partial charge in [0.1, 0.15) is 0 Å². The van der Waals surface area contributed by atoms with Gasteiger partial charge in [-0.25, -0.2) is 0 Å². The molecule has 1 aliphatic rings. The maximum absolute atomic E-state index is 11.9. The van der Waals surface area contributed by atoms with Crippen LogP contribution < -0.4 is 10.6 Å². The highest BCUT2D eigenvalue weighted by molar-refractivity contribution is 5.91. The molecule has 1 heterocycles. The predicted octanol–water partition coefficient (Wildman–Crippen LogP) is 2.63. The van der Waals surface area contributed by atoms with E-state index < -0.39 is 0 Å². The molecule has 116 valence electrons. The lowest BCUT2D eigenvalue weighted by molar-refractivity contribution is -0.121. The summed E-state index contributed by atoms with van der Waals surface area (Å²) >= 11 is 0. The van der Waals surface area contributed by atoms with Crippen molar-refractivity contribution in [3.63, 3.8) is 0 Å². The van der Waals surface area contributed by atoms with Crippen LogP contribution in [-0.2, 0) is 4.79 Å². The van der Waals surface area contributed by atoms with E-state index in [0.29, 0.717) is 19.0 Å². The van der Waals surface area contributed by atoms with Crippen molar-refractivity contribution in [3.05, 3.63) is 24.2 Å². The summed E-state index contributed by atoms with van der Waals surface area (Å²) in [6, 6.07) is 3.57. The van der Waals surface area contributed by atoms with E-state index in [1.54, 1.807) is 12.1 Å². The molecule has 5 heteroatoms. The Labute approximate surface area is 125 Å². The first-order valence-electron chi connectivity index (χ1n) is 7.87. The summed E-state index contributed by atoms with van der Waals surface area (Å²) in [6.45, 7) is 0.331. The second-order valence-corrected chi connectivity index (χ2v) is 5.59. The molecular weight excluding hydrogens is 268 g/mol. The van der Waals surface area contributed by atoms with Crippen LogP contribution in [-0.4, -0.2) is 24.4 Å². The van der Waals surface area contributed by atoms with Crippen molar-refractivity contribution in [3.8, 4) is 0 Å². The third kappa shape index (κ3) is 5.61. The fraction of sp³-hybridized carbons (Fsp3) is 0.625. The van der Waals surface area contributed by atoms with Gasteiger partial charge in [-0.1, -0.05) is 32.1 Å². The van der Waals surface area contributed by atoms with Crippen molar-refractivity contribution in [2.75, 3.05) is 6.54 Å². The van der Waals surface area contributed by atoms with Crippen molar-refractivity contribution in [1.29, 1.82) is 0 Å². The molecule has 1 aromatic heterocycles. The smallest absolute Gasteiger partial charge is 0.286 e. The second-order valence-electron chi connectivity index (χ2n) is 5.59. The Hall–Kier alpha value is -1.78. The molecule has 0 saturated heterocycles. The minimum absolute atomic E-state index is 0.0142. The molecule has 0 spiro atoms. The van der Waals surface area contributed by atoms with Gasteiger partial charge < -0.3 is 15.1 Å². The number of rotatable bonds is 5. The third-order valence-corrected chi connectivity index (χ3v) is 3.85. The van der Waals surface area contributed by atoms with E-state index in [9.17, 15) is 9.59 Å². The number of hydrogen-bond acceptors (Lipinski definition) is 3. The zero-order valence-electron chi connectivity index (χ0n) is 12.4. The molecule has 1 aromatic rings. The second kappa shape index (κ2) is 8.49. The number of carbonyl (C=O) groups excluding carboxylic acids is 2. The number of hydrogen-bond donors (Lipinski definition) is 2. The van der Waals surface area contributed by atoms with Crippen LogP contribution in [0.25, 0.3) is 0 Å². The molecule has 0 unspecified atom stereocenters. The predicted molar refractivity (Wildman–Crippen MR) is 79.9 cm³/mol. The van der Waals surface area contributed by atoms with Crippen LogP contribution in [0.5, 0.6) is 0 Å². The summed E-state index contributed by atoms with van der Waals surface area (Å²) in [5.74, 6) is 0.00880. The Kier molecular flexibility index (Phi) is 6.31. The Morgan fingerprint density at radius 1 is 1.14 bits per heavy atom. The zero-order chi connectivity index (χ0) is 14.9. The van der Waals surface area contributed by atoms with Gasteiger partial charge in [-0.15, -0.1) is 0 Å². The van der Waals surface area contributed by atoms with Crippen molar-refractivity contribution in [1.82, 2.24) is 10.6 Å². The molecule has 5 nitrogen and oxygen atoms in total. The summed E-state index contributed by atoms with van der Waals surface area (Å²) in [4.78, 5) is 23.5. The van der Waals surface area contributed by atoms with Gasteiger partial charge in [0, 0.05) is 19.0 Å². The van der Waals surface area contributed by atoms with E-state index in [0.717, 1.165) is 12.8 Å². The first kappa shape index (κ1) is 15.6. The Bertz CT molecular complexity index is 434. The molecule has 2 N–H and O–H groups in total. The minimum atomic E-state index is -0.279. The van der Waals surface area contributed by atoms with E-state index in [1.807, 2.05) is 0 Å². The lowest BCUT2D eigenvalue weighted by Crippen LogP contribution is -2.37. The monoisotopic (exact) mass is 292 g/mol. The number of nitrogens with one attached hydrogen (secondary N) is 2. The fourth-order valence-electron chi connectivity index (χ4n) is 2.68. The van der Waals surface area contributed by atoms with Crippen molar-refractivity contribution < 1.29 is 14.0 Å². The Morgan fingerprint density at radius 3 is 2.52 bits per heavy atom. The molecule has 1 saturated carbocycles. The van der Waals surface area contributed by atoms with Gasteiger partial charge in [0.05, 0.1) is 6.26 Å². The zero-order valence-corrected chi connectivity index (χ0v) is 12.4. The van der Waals surface area contributed by atoms with Gasteiger partial charge >= 0.3 is 0 Å². The van der Waals surface area contributed by atoms with E-state index in [2.05, 4.69) is 10.6 Å². The standard InChI is InChI=1S/C16H24N2O3/c19-15(18-13-7-4-2-1-3-5-8-13)10-11-17-16(20)14-9-6-12-21-14/h6,9,12-13H,1-5,7-8,10-11H2,(H,17,20)(H,18,19). The van der Waals surface area contributed by atoms with Crippen LogP contribution >= 0.6 is 0 Å². The lowest BCUT2D eigenvalue weighted by Gasteiger charge is -2.21. The maximum atomic E-state index is 11.9. The summed E-state index contributed by atoms with van der Waals surface area (Å²) in [6.07, 6.45) is 10.2. The van der Waals surface area contributed by atoms with Crippen molar-refractivity contribution >= 4 is 11.8 Å². The molecule has 0 aliphatic heterocycles. The van der Waals surface area contributed by atoms with Gasteiger partial charge in [-0.2, -0.15) is 0 Å². The van der Waals surface area contributed by atoms with Crippen molar-refractivity contribution in [2.24, 2.45) is 0 Å². The number of amides is 2. The normalized spacial score (nSPS) is 16.8. The molecule has 0 bridgehead atoms. The molecule has 2 rings (SSSR count). The highest BCUT2D eigenvalue weighted by Gasteiger charge is 2.14. The van der Waals surface area contributed by atoms with Crippen LogP contribution in [0, 0.1) is 0 Å². The van der Waals surface area contributed by atoms with E-state index in [-0.39, 0.29) is 17.6 Å². The summed E-state index contributed by atoms with van der Waals surface area (Å²) in [5.41, 5.74) is 0. The summed E-state index contributed by atoms with van der Waals surface area (Å²) in [5, 5.41) is 5.76. The molecule has 0 aromatic carbocycles. The fourth-order valence-corrected chi connectivity index (χ4v) is 2.68. The SMILES string of the molecule is O=C(CCNC(=O)c1ccco1)NC1CCCCCCC1. The molecule has 0 radical (unpaired) electrons. The highest BCUT2D eigenvalue weighted by Crippen LogP contribution is 2.17. The Morgan fingerprint density at radius 2 is 1.86 bits per heavy atom. The number of carbonyl (C=O) groups is 2. The highest BCUT2D eigenvalue weighted by atomic mass is 16.3. The van der Waals surface area contributed by atoms with Crippen LogP contribution in [0.2, 0.25) is 0 Å². The third-order valence-electron chi connectivity index (χ3n) is 3.85. The number of furan rings is 1. The van der Waals surface area contributed by atoms with Gasteiger partial charge in [0.15, 0.2) is 5.76 Å². The maximum Gasteiger partial charge on any atom is 0.286 e. The molecule has 21 heavy (non-hydrogen) atoms. The van der Waals surface area contributed by atoms with E-state index in [4.69, 9.17) is 4.42 Å². The molecule has 1 fully saturated rings. The minimum Gasteiger partial charge on any atom is -0.459 e. The van der Waals surface area contributed by atoms with Crippen LogP contribution in [0.1, 0.15) is 61.9 Å². The van der Waals surface area contributed by atoms with Crippen LogP contribution in [0.3, 0.4) is 0 Å². The lowest BCUT2D eigenvalue weighted by atomic mass is 9.96. The van der Waals surface area contributed by atoms with Crippen LogP contribution in [0.4, 0.5) is 0 Å². The summed E-state index contributed by atoms with van der Waals surface area (Å²) < 4.78 is 4.99. The van der Waals surface area contributed by atoms with Crippen molar-refractivity contribution in [2.45, 2.75) is 57.4 Å². The van der Waals surface area contributed by atoms with Crippen LogP contribution in [0.15, 0.2) is 22.8 Å². The molecule has 1 aliphatic carbocycles. The van der Waals surface area contributed by atoms with Gasteiger partial charge in [-0.3, -0.25) is 9.59 Å². The molecule has 0 atom stereocenters. The first-order chi connectivity index (χ1) is 10.3. The van der Waals surface area contributed by atoms with E-state index >= 15 is 0 Å². The summed E-state index contributed by atoms with van der Waals surface area (Å²) in [7, 11) is 0. The van der Waals surface area contributed by atoms with E-state index in [1.165, 1.54) is 38.4 Å². The molecular formula is C16H24N2O3. The topological polar surface area (TPSA) is 71.3 Å². The van der Waals surface area contributed by atoms with Gasteiger partial charge in [-0.05, 0) is 25.0 Å². The van der Waals surface area contributed by atoms with Gasteiger partial charge in [0.25, 0.3) is 5.91 Å².